The van der Waals surface area contributed by atoms with Crippen LogP contribution in [0.25, 0.3) is 0 Å². The van der Waals surface area contributed by atoms with Crippen molar-refractivity contribution in [3.05, 3.63) is 33.8 Å². The van der Waals surface area contributed by atoms with Gasteiger partial charge in [-0.15, -0.1) is 12.4 Å². The molecule has 1 aromatic rings. The fourth-order valence-electron chi connectivity index (χ4n) is 2.30. The van der Waals surface area contributed by atoms with E-state index in [2.05, 4.69) is 15.9 Å². The summed E-state index contributed by atoms with van der Waals surface area (Å²) in [5.74, 6) is -0.611. The summed E-state index contributed by atoms with van der Waals surface area (Å²) in [5, 5.41) is 0. The molecule has 0 aromatic heterocycles. The topological polar surface area (TPSA) is 46.3 Å². The molecular weight excluding hydrogens is 373 g/mol. The van der Waals surface area contributed by atoms with E-state index >= 15 is 0 Å². The van der Waals surface area contributed by atoms with Crippen LogP contribution < -0.4 is 5.73 Å². The van der Waals surface area contributed by atoms with Gasteiger partial charge in [-0.3, -0.25) is 4.79 Å². The summed E-state index contributed by atoms with van der Waals surface area (Å²) < 4.78 is 39.3. The average molecular weight is 388 g/mol. The monoisotopic (exact) mass is 386 g/mol. The molecule has 118 valence electrons. The van der Waals surface area contributed by atoms with Crippen LogP contribution in [0.1, 0.15) is 28.8 Å². The highest BCUT2D eigenvalue weighted by molar-refractivity contribution is 9.10. The summed E-state index contributed by atoms with van der Waals surface area (Å²) in [7, 11) is 0. The average Bonchev–Trinajstić information content (AvgIpc) is 2.37. The number of likely N-dealkylation sites (tertiary alicyclic amines) is 1. The zero-order valence-corrected chi connectivity index (χ0v) is 13.4. The molecule has 1 unspecified atom stereocenters. The van der Waals surface area contributed by atoms with Gasteiger partial charge in [0.05, 0.1) is 11.1 Å². The first kappa shape index (κ1) is 18.3. The number of halogens is 5. The van der Waals surface area contributed by atoms with Crippen LogP contribution in [0.3, 0.4) is 0 Å². The van der Waals surface area contributed by atoms with Gasteiger partial charge in [-0.05, 0) is 31.0 Å². The first-order valence-corrected chi connectivity index (χ1v) is 7.00. The molecule has 0 bridgehead atoms. The number of nitrogens with two attached hydrogens (primary N) is 1. The molecular formula is C13H15BrClF3N2O. The number of nitrogens with zero attached hydrogens (tertiary/aromatic N) is 1. The normalized spacial score (nSPS) is 19.1. The molecule has 2 rings (SSSR count). The number of rotatable bonds is 1. The number of piperidine rings is 1. The van der Waals surface area contributed by atoms with Crippen LogP contribution in [0, 0.1) is 0 Å². The van der Waals surface area contributed by atoms with E-state index in [0.717, 1.165) is 12.5 Å². The minimum absolute atomic E-state index is 0. The van der Waals surface area contributed by atoms with Gasteiger partial charge in [0.25, 0.3) is 5.91 Å². The minimum Gasteiger partial charge on any atom is -0.337 e. The Kier molecular flexibility index (Phi) is 6.07. The van der Waals surface area contributed by atoms with Crippen molar-refractivity contribution < 1.29 is 18.0 Å². The third-order valence-corrected chi connectivity index (χ3v) is 3.76. The molecule has 3 nitrogen and oxygen atoms in total. The number of hydrogen-bond donors (Lipinski definition) is 1. The number of carbonyl (C=O) groups excluding carboxylic acids is 1. The van der Waals surface area contributed by atoms with Crippen LogP contribution in [-0.2, 0) is 6.18 Å². The molecule has 2 N–H and O–H groups in total. The largest absolute Gasteiger partial charge is 0.417 e. The summed E-state index contributed by atoms with van der Waals surface area (Å²) in [6, 6.07) is 3.40. The van der Waals surface area contributed by atoms with Crippen LogP contribution in [0.2, 0.25) is 0 Å². The van der Waals surface area contributed by atoms with Crippen molar-refractivity contribution in [3.8, 4) is 0 Å². The van der Waals surface area contributed by atoms with E-state index in [1.165, 1.54) is 17.0 Å². The Labute approximate surface area is 135 Å². The van der Waals surface area contributed by atoms with Gasteiger partial charge >= 0.3 is 6.18 Å². The van der Waals surface area contributed by atoms with E-state index < -0.39 is 17.6 Å². The van der Waals surface area contributed by atoms with E-state index in [0.29, 0.717) is 19.5 Å². The molecule has 1 aliphatic heterocycles. The molecule has 0 radical (unpaired) electrons. The molecule has 1 aromatic carbocycles. The van der Waals surface area contributed by atoms with Crippen LogP contribution in [-0.4, -0.2) is 29.9 Å². The van der Waals surface area contributed by atoms with Gasteiger partial charge in [0, 0.05) is 23.6 Å². The van der Waals surface area contributed by atoms with Crippen molar-refractivity contribution in [2.45, 2.75) is 25.1 Å². The molecule has 1 atom stereocenters. The maximum Gasteiger partial charge on any atom is 0.417 e. The standard InChI is InChI=1S/C13H14BrF3N2O.ClH/c14-8-3-4-10(11(6-8)13(15,16)17)12(20)19-5-1-2-9(18)7-19;/h3-4,6,9H,1-2,5,7,18H2;1H. The lowest BCUT2D eigenvalue weighted by molar-refractivity contribution is -0.138. The minimum atomic E-state index is -4.56. The molecule has 1 amide bonds. The van der Waals surface area contributed by atoms with Gasteiger partial charge in [0.2, 0.25) is 0 Å². The smallest absolute Gasteiger partial charge is 0.337 e. The second-order valence-corrected chi connectivity index (χ2v) is 5.76. The van der Waals surface area contributed by atoms with Gasteiger partial charge in [0.1, 0.15) is 0 Å². The van der Waals surface area contributed by atoms with Gasteiger partial charge in [-0.2, -0.15) is 13.2 Å². The van der Waals surface area contributed by atoms with Crippen molar-refractivity contribution in [2.75, 3.05) is 13.1 Å². The lowest BCUT2D eigenvalue weighted by atomic mass is 10.0. The molecule has 1 heterocycles. The van der Waals surface area contributed by atoms with Gasteiger partial charge in [-0.25, -0.2) is 0 Å². The highest BCUT2D eigenvalue weighted by atomic mass is 79.9. The Morgan fingerprint density at radius 2 is 2.05 bits per heavy atom. The van der Waals surface area contributed by atoms with Crippen molar-refractivity contribution in [1.82, 2.24) is 4.90 Å². The van der Waals surface area contributed by atoms with Crippen LogP contribution >= 0.6 is 28.3 Å². The zero-order valence-electron chi connectivity index (χ0n) is 11.0. The van der Waals surface area contributed by atoms with Crippen molar-refractivity contribution in [2.24, 2.45) is 5.73 Å². The van der Waals surface area contributed by atoms with Crippen LogP contribution in [0.4, 0.5) is 13.2 Å². The fraction of sp³-hybridized carbons (Fsp3) is 0.462. The van der Waals surface area contributed by atoms with E-state index in [-0.39, 0.29) is 28.5 Å². The molecule has 0 aliphatic carbocycles. The SMILES string of the molecule is Cl.NC1CCCN(C(=O)c2ccc(Br)cc2C(F)(F)F)C1. The van der Waals surface area contributed by atoms with E-state index in [1.807, 2.05) is 0 Å². The molecule has 0 saturated carbocycles. The van der Waals surface area contributed by atoms with Crippen LogP contribution in [0.5, 0.6) is 0 Å². The predicted octanol–water partition coefficient (Wildman–Crippen LogP) is 3.45. The fourth-order valence-corrected chi connectivity index (χ4v) is 2.66. The van der Waals surface area contributed by atoms with Gasteiger partial charge in [-0.1, -0.05) is 15.9 Å². The lowest BCUT2D eigenvalue weighted by Gasteiger charge is -2.31. The number of carbonyl (C=O) groups is 1. The summed E-state index contributed by atoms with van der Waals surface area (Å²) in [6.07, 6.45) is -3.06. The van der Waals surface area contributed by atoms with Gasteiger partial charge in [0.15, 0.2) is 0 Å². The number of hydrogen-bond acceptors (Lipinski definition) is 2. The summed E-state index contributed by atoms with van der Waals surface area (Å²) in [4.78, 5) is 13.7. The second-order valence-electron chi connectivity index (χ2n) is 4.84. The molecule has 0 spiro atoms. The second kappa shape index (κ2) is 6.98. The molecule has 8 heteroatoms. The third kappa shape index (κ3) is 4.34. The summed E-state index contributed by atoms with van der Waals surface area (Å²) in [5.41, 5.74) is 4.52. The summed E-state index contributed by atoms with van der Waals surface area (Å²) >= 11 is 3.00. The molecule has 1 saturated heterocycles. The Hall–Kier alpha value is -0.790. The Bertz CT molecular complexity index is 525. The highest BCUT2D eigenvalue weighted by Crippen LogP contribution is 2.34. The maximum atomic E-state index is 13.0. The van der Waals surface area contributed by atoms with Crippen molar-refractivity contribution in [3.63, 3.8) is 0 Å². The molecule has 1 fully saturated rings. The Morgan fingerprint density at radius 3 is 2.62 bits per heavy atom. The summed E-state index contributed by atoms with van der Waals surface area (Å²) in [6.45, 7) is 0.742. The number of alkyl halides is 3. The Balaban J connectivity index is 0.00000220. The molecule has 1 aliphatic rings. The van der Waals surface area contributed by atoms with Crippen LogP contribution in [0.15, 0.2) is 22.7 Å². The van der Waals surface area contributed by atoms with Crippen molar-refractivity contribution in [1.29, 1.82) is 0 Å². The van der Waals surface area contributed by atoms with E-state index in [9.17, 15) is 18.0 Å². The first-order valence-electron chi connectivity index (χ1n) is 6.20. The first-order chi connectivity index (χ1) is 9.29. The highest BCUT2D eigenvalue weighted by Gasteiger charge is 2.37. The third-order valence-electron chi connectivity index (χ3n) is 3.26. The van der Waals surface area contributed by atoms with Crippen molar-refractivity contribution >= 4 is 34.2 Å². The van der Waals surface area contributed by atoms with Gasteiger partial charge < -0.3 is 10.6 Å². The Morgan fingerprint density at radius 1 is 1.38 bits per heavy atom. The molecule has 21 heavy (non-hydrogen) atoms. The lowest BCUT2D eigenvalue weighted by Crippen LogP contribution is -2.46. The quantitative estimate of drug-likeness (QED) is 0.802. The number of benzene rings is 1. The number of amides is 1. The van der Waals surface area contributed by atoms with E-state index in [1.54, 1.807) is 0 Å². The zero-order chi connectivity index (χ0) is 14.9. The maximum absolute atomic E-state index is 13.0. The predicted molar refractivity (Wildman–Crippen MR) is 79.5 cm³/mol. The van der Waals surface area contributed by atoms with E-state index in [4.69, 9.17) is 5.73 Å².